The lowest BCUT2D eigenvalue weighted by Gasteiger charge is -1.98. The summed E-state index contributed by atoms with van der Waals surface area (Å²) in [6, 6.07) is 13.4. The molecule has 118 valence electrons. The average molecular weight is 446 g/mol. The van der Waals surface area contributed by atoms with Crippen LogP contribution >= 0.6 is 31.9 Å². The van der Waals surface area contributed by atoms with Crippen LogP contribution in [0.5, 0.6) is 0 Å². The van der Waals surface area contributed by atoms with Gasteiger partial charge in [-0.25, -0.2) is 4.98 Å². The van der Waals surface area contributed by atoms with Crippen molar-refractivity contribution in [2.75, 3.05) is 0 Å². The van der Waals surface area contributed by atoms with Crippen LogP contribution in [0.1, 0.15) is 5.56 Å². The Kier molecular flexibility index (Phi) is 3.82. The Morgan fingerprint density at radius 2 is 1.83 bits per heavy atom. The van der Waals surface area contributed by atoms with Crippen molar-refractivity contribution in [2.24, 2.45) is 5.10 Å². The van der Waals surface area contributed by atoms with E-state index in [0.29, 0.717) is 11.0 Å². The number of H-pyrrole nitrogens is 1. The largest absolute Gasteiger partial charge is 0.349 e. The minimum Gasteiger partial charge on any atom is -0.349 e. The van der Waals surface area contributed by atoms with E-state index in [9.17, 15) is 4.79 Å². The molecule has 4 rings (SSSR count). The van der Waals surface area contributed by atoms with Crippen molar-refractivity contribution >= 4 is 60.0 Å². The van der Waals surface area contributed by atoms with Gasteiger partial charge in [-0.3, -0.25) is 4.79 Å². The van der Waals surface area contributed by atoms with Crippen LogP contribution in [0.4, 0.5) is 0 Å². The molecule has 0 spiro atoms. The van der Waals surface area contributed by atoms with E-state index >= 15 is 0 Å². The Balaban J connectivity index is 1.82. The van der Waals surface area contributed by atoms with E-state index in [-0.39, 0.29) is 5.56 Å². The third kappa shape index (κ3) is 2.70. The predicted molar refractivity (Wildman–Crippen MR) is 103 cm³/mol. The normalized spacial score (nSPS) is 11.8. The van der Waals surface area contributed by atoms with Gasteiger partial charge in [0.15, 0.2) is 0 Å². The lowest BCUT2D eigenvalue weighted by atomic mass is 10.2. The Morgan fingerprint density at radius 1 is 1.08 bits per heavy atom. The number of halogens is 2. The summed E-state index contributed by atoms with van der Waals surface area (Å²) in [7, 11) is 0. The van der Waals surface area contributed by atoms with Crippen LogP contribution < -0.4 is 5.56 Å². The van der Waals surface area contributed by atoms with Gasteiger partial charge in [0.2, 0.25) is 0 Å². The van der Waals surface area contributed by atoms with Crippen LogP contribution in [0.3, 0.4) is 0 Å². The molecule has 0 saturated heterocycles. The van der Waals surface area contributed by atoms with Crippen molar-refractivity contribution in [1.29, 1.82) is 0 Å². The summed E-state index contributed by atoms with van der Waals surface area (Å²) in [6.07, 6.45) is 3.06. The van der Waals surface area contributed by atoms with Gasteiger partial charge in [-0.1, -0.05) is 44.0 Å². The van der Waals surface area contributed by atoms with Crippen LogP contribution in [0, 0.1) is 0 Å². The molecule has 0 radical (unpaired) electrons. The first-order valence-corrected chi connectivity index (χ1v) is 8.69. The summed E-state index contributed by atoms with van der Waals surface area (Å²) in [5.74, 6) is 0. The molecule has 5 nitrogen and oxygen atoms in total. The van der Waals surface area contributed by atoms with Gasteiger partial charge in [-0.2, -0.15) is 9.78 Å². The van der Waals surface area contributed by atoms with Crippen molar-refractivity contribution in [2.45, 2.75) is 0 Å². The molecular formula is C17H10Br2N4O. The van der Waals surface area contributed by atoms with E-state index in [0.717, 1.165) is 25.4 Å². The molecule has 2 aromatic carbocycles. The summed E-state index contributed by atoms with van der Waals surface area (Å²) in [4.78, 5) is 20.1. The highest BCUT2D eigenvalue weighted by Gasteiger charge is 2.10. The smallest absolute Gasteiger partial charge is 0.298 e. The minimum absolute atomic E-state index is 0.235. The van der Waals surface area contributed by atoms with Gasteiger partial charge in [-0.05, 0) is 35.9 Å². The monoisotopic (exact) mass is 444 g/mol. The van der Waals surface area contributed by atoms with E-state index in [2.05, 4.69) is 46.9 Å². The molecule has 2 heterocycles. The van der Waals surface area contributed by atoms with E-state index in [1.807, 2.05) is 42.5 Å². The number of nitrogens with one attached hydrogen (secondary N) is 1. The number of benzene rings is 2. The Bertz CT molecular complexity index is 1140. The van der Waals surface area contributed by atoms with Gasteiger partial charge in [0.1, 0.15) is 17.4 Å². The average Bonchev–Trinajstić information content (AvgIpc) is 2.95. The predicted octanol–water partition coefficient (Wildman–Crippen LogP) is 4.29. The standard InChI is InChI=1S/C17H10Br2N4O/c18-11-3-1-10(2-4-11)8-21-23-9-20-15-13-7-12(19)5-6-14(13)22-16(15)17(23)24/h1-9,22H/b21-8-. The van der Waals surface area contributed by atoms with Crippen LogP contribution in [0.25, 0.3) is 21.9 Å². The third-order valence-electron chi connectivity index (χ3n) is 3.65. The maximum atomic E-state index is 12.6. The number of hydrogen-bond donors (Lipinski definition) is 1. The van der Waals surface area contributed by atoms with Crippen LogP contribution in [-0.2, 0) is 0 Å². The Morgan fingerprint density at radius 3 is 2.62 bits per heavy atom. The van der Waals surface area contributed by atoms with E-state index in [1.165, 1.54) is 11.0 Å². The lowest BCUT2D eigenvalue weighted by molar-refractivity contribution is 0.815. The number of aromatic amines is 1. The minimum atomic E-state index is -0.235. The van der Waals surface area contributed by atoms with Crippen LogP contribution in [0.2, 0.25) is 0 Å². The first kappa shape index (κ1) is 15.3. The fourth-order valence-electron chi connectivity index (χ4n) is 2.48. The first-order chi connectivity index (χ1) is 11.6. The summed E-state index contributed by atoms with van der Waals surface area (Å²) in [5, 5.41) is 5.12. The third-order valence-corrected chi connectivity index (χ3v) is 4.67. The molecule has 0 aliphatic rings. The van der Waals surface area contributed by atoms with Gasteiger partial charge in [-0.15, -0.1) is 0 Å². The highest BCUT2D eigenvalue weighted by Crippen LogP contribution is 2.24. The Hall–Kier alpha value is -2.25. The molecule has 0 fully saturated rings. The second kappa shape index (κ2) is 5.99. The Labute approximate surface area is 153 Å². The van der Waals surface area contributed by atoms with Crippen LogP contribution in [0.15, 0.2) is 67.6 Å². The molecule has 0 aliphatic carbocycles. The maximum absolute atomic E-state index is 12.6. The maximum Gasteiger partial charge on any atom is 0.298 e. The zero-order chi connectivity index (χ0) is 16.7. The van der Waals surface area contributed by atoms with Gasteiger partial charge in [0, 0.05) is 19.8 Å². The van der Waals surface area contributed by atoms with Gasteiger partial charge < -0.3 is 4.98 Å². The number of rotatable bonds is 2. The molecular weight excluding hydrogens is 436 g/mol. The fraction of sp³-hybridized carbons (Fsp3) is 0. The van der Waals surface area contributed by atoms with Crippen molar-refractivity contribution in [3.05, 3.63) is 73.7 Å². The molecule has 2 aromatic heterocycles. The molecule has 0 unspecified atom stereocenters. The lowest BCUT2D eigenvalue weighted by Crippen LogP contribution is -2.17. The van der Waals surface area contributed by atoms with Gasteiger partial charge in [0.25, 0.3) is 5.56 Å². The number of fused-ring (bicyclic) bond motifs is 3. The topological polar surface area (TPSA) is 63.0 Å². The zero-order valence-electron chi connectivity index (χ0n) is 12.2. The molecule has 7 heteroatoms. The zero-order valence-corrected chi connectivity index (χ0v) is 15.4. The molecule has 0 bridgehead atoms. The summed E-state index contributed by atoms with van der Waals surface area (Å²) in [6.45, 7) is 0. The molecule has 0 amide bonds. The second-order valence-corrected chi connectivity index (χ2v) is 7.06. The highest BCUT2D eigenvalue weighted by atomic mass is 79.9. The molecule has 0 aliphatic heterocycles. The number of aromatic nitrogens is 3. The number of nitrogens with zero attached hydrogens (tertiary/aromatic N) is 3. The van der Waals surface area contributed by atoms with E-state index in [4.69, 9.17) is 0 Å². The highest BCUT2D eigenvalue weighted by molar-refractivity contribution is 9.10. The molecule has 0 saturated carbocycles. The molecule has 0 atom stereocenters. The summed E-state index contributed by atoms with van der Waals surface area (Å²) < 4.78 is 3.16. The van der Waals surface area contributed by atoms with E-state index < -0.39 is 0 Å². The van der Waals surface area contributed by atoms with Gasteiger partial charge >= 0.3 is 0 Å². The summed E-state index contributed by atoms with van der Waals surface area (Å²) >= 11 is 6.82. The molecule has 24 heavy (non-hydrogen) atoms. The van der Waals surface area contributed by atoms with Crippen molar-refractivity contribution in [3.63, 3.8) is 0 Å². The van der Waals surface area contributed by atoms with Crippen LogP contribution in [-0.4, -0.2) is 20.9 Å². The first-order valence-electron chi connectivity index (χ1n) is 7.10. The van der Waals surface area contributed by atoms with Crippen molar-refractivity contribution in [3.8, 4) is 0 Å². The molecule has 4 aromatic rings. The number of hydrogen-bond acceptors (Lipinski definition) is 3. The SMILES string of the molecule is O=c1c2[nH]c3ccc(Br)cc3c2ncn1/N=C\c1ccc(Br)cc1. The fourth-order valence-corrected chi connectivity index (χ4v) is 3.10. The van der Waals surface area contributed by atoms with Crippen molar-refractivity contribution in [1.82, 2.24) is 14.6 Å². The quantitative estimate of drug-likeness (QED) is 0.468. The van der Waals surface area contributed by atoms with E-state index in [1.54, 1.807) is 6.21 Å². The summed E-state index contributed by atoms with van der Waals surface area (Å²) in [5.41, 5.74) is 2.61. The second-order valence-electron chi connectivity index (χ2n) is 5.23. The molecule has 1 N–H and O–H groups in total. The van der Waals surface area contributed by atoms with Crippen molar-refractivity contribution < 1.29 is 0 Å². The van der Waals surface area contributed by atoms with Gasteiger partial charge in [0.05, 0.1) is 6.21 Å².